The summed E-state index contributed by atoms with van der Waals surface area (Å²) in [7, 11) is 0. The molecule has 0 radical (unpaired) electrons. The first-order valence-electron chi connectivity index (χ1n) is 10.2. The third-order valence-electron chi connectivity index (χ3n) is 5.29. The second kappa shape index (κ2) is 9.04. The molecule has 0 bridgehead atoms. The van der Waals surface area contributed by atoms with E-state index in [1.165, 1.54) is 6.92 Å². The normalized spacial score (nSPS) is 13.5. The third kappa shape index (κ3) is 4.77. The van der Waals surface area contributed by atoms with Crippen molar-refractivity contribution < 1.29 is 23.5 Å². The number of aryl methyl sites for hydroxylation is 1. The van der Waals surface area contributed by atoms with E-state index in [0.29, 0.717) is 17.9 Å². The molecule has 0 saturated carbocycles. The molecule has 0 spiro atoms. The van der Waals surface area contributed by atoms with Gasteiger partial charge in [0.2, 0.25) is 0 Å². The number of hydrogen-bond donors (Lipinski definition) is 1. The summed E-state index contributed by atoms with van der Waals surface area (Å²) in [4.78, 5) is 36.3. The minimum absolute atomic E-state index is 0.313. The van der Waals surface area contributed by atoms with Gasteiger partial charge in [0.15, 0.2) is 12.7 Å². The average molecular weight is 421 g/mol. The molecule has 3 aromatic rings. The number of benzene rings is 2. The van der Waals surface area contributed by atoms with Crippen molar-refractivity contribution in [3.05, 3.63) is 75.6 Å². The molecule has 1 aliphatic rings. The van der Waals surface area contributed by atoms with Crippen LogP contribution < -0.4 is 15.7 Å². The van der Waals surface area contributed by atoms with E-state index in [1.54, 1.807) is 12.1 Å². The van der Waals surface area contributed by atoms with E-state index in [1.807, 2.05) is 36.4 Å². The van der Waals surface area contributed by atoms with E-state index in [4.69, 9.17) is 13.9 Å². The minimum atomic E-state index is -0.947. The summed E-state index contributed by atoms with van der Waals surface area (Å²) in [5.74, 6) is -0.678. The highest BCUT2D eigenvalue weighted by Crippen LogP contribution is 2.29. The molecule has 160 valence electrons. The van der Waals surface area contributed by atoms with Crippen molar-refractivity contribution in [3.63, 3.8) is 0 Å². The molecular formula is C24H23NO6. The first kappa shape index (κ1) is 20.7. The molecule has 1 amide bonds. The Morgan fingerprint density at radius 1 is 1.10 bits per heavy atom. The van der Waals surface area contributed by atoms with Gasteiger partial charge in [-0.15, -0.1) is 0 Å². The maximum absolute atomic E-state index is 12.1. The second-order valence-electron chi connectivity index (χ2n) is 7.48. The molecule has 1 N–H and O–H groups in total. The number of nitrogens with one attached hydrogen (secondary N) is 1. The van der Waals surface area contributed by atoms with Gasteiger partial charge in [-0.3, -0.25) is 4.79 Å². The van der Waals surface area contributed by atoms with Gasteiger partial charge in [-0.1, -0.05) is 30.3 Å². The highest BCUT2D eigenvalue weighted by molar-refractivity contribution is 5.84. The summed E-state index contributed by atoms with van der Waals surface area (Å²) in [5.41, 5.74) is 2.86. The van der Waals surface area contributed by atoms with Crippen molar-refractivity contribution in [2.24, 2.45) is 0 Å². The van der Waals surface area contributed by atoms with Crippen LogP contribution in [0.15, 0.2) is 57.7 Å². The monoisotopic (exact) mass is 421 g/mol. The molecule has 0 saturated heterocycles. The van der Waals surface area contributed by atoms with Gasteiger partial charge in [0.05, 0.1) is 0 Å². The van der Waals surface area contributed by atoms with Gasteiger partial charge in [0, 0.05) is 23.6 Å². The molecule has 7 heteroatoms. The zero-order chi connectivity index (χ0) is 21.8. The number of carbonyl (C=O) groups excluding carboxylic acids is 2. The van der Waals surface area contributed by atoms with Crippen LogP contribution in [0.3, 0.4) is 0 Å². The highest BCUT2D eigenvalue weighted by Gasteiger charge is 2.20. The SMILES string of the molecule is C[C@@H](OC(=O)COc1ccc2c3c(c(=O)oc2c1)CCC3)C(=O)NCc1ccccc1. The molecular weight excluding hydrogens is 398 g/mol. The molecule has 31 heavy (non-hydrogen) atoms. The van der Waals surface area contributed by atoms with Crippen LogP contribution in [0.1, 0.15) is 30.0 Å². The fraction of sp³-hybridized carbons (Fsp3) is 0.292. The fourth-order valence-corrected chi connectivity index (χ4v) is 3.71. The van der Waals surface area contributed by atoms with Gasteiger partial charge >= 0.3 is 11.6 Å². The standard InChI is InChI=1S/C24H23NO6/c1-15(23(27)25-13-16-6-3-2-4-7-16)30-22(26)14-29-17-10-11-19-18-8-5-9-20(18)24(28)31-21(19)12-17/h2-4,6-7,10-12,15H,5,8-9,13-14H2,1H3,(H,25,27)/t15-/m1/s1. The van der Waals surface area contributed by atoms with Crippen molar-refractivity contribution in [2.45, 2.75) is 38.8 Å². The first-order valence-corrected chi connectivity index (χ1v) is 10.2. The smallest absolute Gasteiger partial charge is 0.344 e. The molecule has 0 unspecified atom stereocenters. The van der Waals surface area contributed by atoms with Gasteiger partial charge in [0.1, 0.15) is 11.3 Å². The summed E-state index contributed by atoms with van der Waals surface area (Å²) in [6.07, 6.45) is 1.60. The predicted molar refractivity (Wildman–Crippen MR) is 114 cm³/mol. The molecule has 4 rings (SSSR count). The highest BCUT2D eigenvalue weighted by atomic mass is 16.6. The van der Waals surface area contributed by atoms with E-state index >= 15 is 0 Å². The lowest BCUT2D eigenvalue weighted by atomic mass is 10.1. The van der Waals surface area contributed by atoms with Crippen molar-refractivity contribution >= 4 is 22.8 Å². The lowest BCUT2D eigenvalue weighted by Gasteiger charge is -2.14. The Kier molecular flexibility index (Phi) is 6.02. The number of hydrogen-bond acceptors (Lipinski definition) is 6. The number of ether oxygens (including phenoxy) is 2. The van der Waals surface area contributed by atoms with Crippen LogP contribution in [0.5, 0.6) is 5.75 Å². The van der Waals surface area contributed by atoms with E-state index in [2.05, 4.69) is 5.32 Å². The number of esters is 1. The summed E-state index contributed by atoms with van der Waals surface area (Å²) in [5, 5.41) is 3.62. The Labute approximate surface area is 179 Å². The van der Waals surface area contributed by atoms with Gasteiger partial charge in [-0.25, -0.2) is 9.59 Å². The zero-order valence-corrected chi connectivity index (χ0v) is 17.2. The van der Waals surface area contributed by atoms with Crippen LogP contribution >= 0.6 is 0 Å². The van der Waals surface area contributed by atoms with E-state index in [9.17, 15) is 14.4 Å². The second-order valence-corrected chi connectivity index (χ2v) is 7.48. The number of fused-ring (bicyclic) bond motifs is 3. The molecule has 1 aromatic heterocycles. The first-order chi connectivity index (χ1) is 15.0. The van der Waals surface area contributed by atoms with Crippen molar-refractivity contribution in [1.82, 2.24) is 5.32 Å². The number of rotatable bonds is 7. The fourth-order valence-electron chi connectivity index (χ4n) is 3.71. The Morgan fingerprint density at radius 3 is 2.68 bits per heavy atom. The number of amides is 1. The van der Waals surface area contributed by atoms with Crippen LogP contribution in [0.2, 0.25) is 0 Å². The summed E-state index contributed by atoms with van der Waals surface area (Å²) >= 11 is 0. The van der Waals surface area contributed by atoms with Crippen molar-refractivity contribution in [2.75, 3.05) is 6.61 Å². The maximum Gasteiger partial charge on any atom is 0.344 e. The Hall–Kier alpha value is -3.61. The lowest BCUT2D eigenvalue weighted by molar-refractivity contribution is -0.156. The molecule has 1 heterocycles. The molecule has 0 fully saturated rings. The van der Waals surface area contributed by atoms with Gasteiger partial charge in [-0.2, -0.15) is 0 Å². The summed E-state index contributed by atoms with van der Waals surface area (Å²) in [6.45, 7) is 1.49. The largest absolute Gasteiger partial charge is 0.482 e. The van der Waals surface area contributed by atoms with Crippen LogP contribution in [0, 0.1) is 0 Å². The van der Waals surface area contributed by atoms with E-state index < -0.39 is 18.0 Å². The molecule has 1 atom stereocenters. The number of carbonyl (C=O) groups is 2. The predicted octanol–water partition coefficient (Wildman–Crippen LogP) is 2.91. The quantitative estimate of drug-likeness (QED) is 0.466. The molecule has 0 aliphatic heterocycles. The zero-order valence-electron chi connectivity index (χ0n) is 17.2. The molecule has 2 aromatic carbocycles. The average Bonchev–Trinajstić information content (AvgIpc) is 3.27. The third-order valence-corrected chi connectivity index (χ3v) is 5.29. The van der Waals surface area contributed by atoms with Gasteiger partial charge < -0.3 is 19.2 Å². The van der Waals surface area contributed by atoms with Crippen LogP contribution in [0.4, 0.5) is 0 Å². The Morgan fingerprint density at radius 2 is 1.87 bits per heavy atom. The van der Waals surface area contributed by atoms with E-state index in [-0.39, 0.29) is 12.2 Å². The summed E-state index contributed by atoms with van der Waals surface area (Å²) in [6, 6.07) is 14.6. The van der Waals surface area contributed by atoms with Crippen LogP contribution in [-0.2, 0) is 33.7 Å². The maximum atomic E-state index is 12.1. The minimum Gasteiger partial charge on any atom is -0.482 e. The molecule has 7 nitrogen and oxygen atoms in total. The Balaban J connectivity index is 1.31. The Bertz CT molecular complexity index is 1170. The van der Waals surface area contributed by atoms with Crippen LogP contribution in [0.25, 0.3) is 11.0 Å². The van der Waals surface area contributed by atoms with Gasteiger partial charge in [0.25, 0.3) is 5.91 Å². The van der Waals surface area contributed by atoms with Gasteiger partial charge in [-0.05, 0) is 49.4 Å². The van der Waals surface area contributed by atoms with Crippen molar-refractivity contribution in [1.29, 1.82) is 0 Å². The van der Waals surface area contributed by atoms with Crippen molar-refractivity contribution in [3.8, 4) is 5.75 Å². The summed E-state index contributed by atoms with van der Waals surface area (Å²) < 4.78 is 16.0. The topological polar surface area (TPSA) is 94.8 Å². The van der Waals surface area contributed by atoms with E-state index in [0.717, 1.165) is 41.3 Å². The lowest BCUT2D eigenvalue weighted by Crippen LogP contribution is -2.36. The van der Waals surface area contributed by atoms with Crippen LogP contribution in [-0.4, -0.2) is 24.6 Å². The molecule has 1 aliphatic carbocycles.